The number of carbonyl (C=O) groups is 1. The number of piperazine rings is 1. The van der Waals surface area contributed by atoms with E-state index < -0.39 is 0 Å². The van der Waals surface area contributed by atoms with Gasteiger partial charge in [-0.1, -0.05) is 29.8 Å². The maximum atomic E-state index is 11.9. The van der Waals surface area contributed by atoms with Crippen molar-refractivity contribution >= 4 is 40.3 Å². The van der Waals surface area contributed by atoms with Gasteiger partial charge in [-0.3, -0.25) is 9.80 Å². The van der Waals surface area contributed by atoms with Crippen molar-refractivity contribution in [2.45, 2.75) is 32.0 Å². The summed E-state index contributed by atoms with van der Waals surface area (Å²) in [4.78, 5) is 24.7. The standard InChI is InChI=1S/C24H27ClN6O/c1-16(10-22(26)18-3-5-19(25)6-4-18)30-8-9-31(20(13-30)14-32)12-17-2-7-21-23(11-17)28-15-29-24(21)27/h2-7,11,14-16,20,26H,8-10,12-13H2,1H3,(H2,27,28,29). The van der Waals surface area contributed by atoms with Crippen LogP contribution in [0.4, 0.5) is 5.82 Å². The van der Waals surface area contributed by atoms with Crippen molar-refractivity contribution in [2.24, 2.45) is 0 Å². The Morgan fingerprint density at radius 1 is 1.25 bits per heavy atom. The molecule has 0 bridgehead atoms. The Balaban J connectivity index is 1.38. The highest BCUT2D eigenvalue weighted by Crippen LogP contribution is 2.22. The van der Waals surface area contributed by atoms with Gasteiger partial charge in [-0.2, -0.15) is 0 Å². The minimum atomic E-state index is -0.193. The largest absolute Gasteiger partial charge is 0.383 e. The fourth-order valence-corrected chi connectivity index (χ4v) is 4.37. The molecule has 2 heterocycles. The first kappa shape index (κ1) is 22.3. The molecule has 0 aliphatic carbocycles. The summed E-state index contributed by atoms with van der Waals surface area (Å²) in [6.07, 6.45) is 3.13. The molecule has 3 N–H and O–H groups in total. The maximum absolute atomic E-state index is 11.9. The normalized spacial score (nSPS) is 18.5. The lowest BCUT2D eigenvalue weighted by Crippen LogP contribution is -2.55. The van der Waals surface area contributed by atoms with Crippen LogP contribution in [0.15, 0.2) is 48.8 Å². The van der Waals surface area contributed by atoms with Crippen LogP contribution in [0, 0.1) is 5.41 Å². The molecule has 2 unspecified atom stereocenters. The van der Waals surface area contributed by atoms with E-state index in [0.29, 0.717) is 36.1 Å². The van der Waals surface area contributed by atoms with Gasteiger partial charge in [0.1, 0.15) is 18.4 Å². The van der Waals surface area contributed by atoms with Crippen LogP contribution >= 0.6 is 11.6 Å². The molecule has 4 rings (SSSR count). The van der Waals surface area contributed by atoms with Gasteiger partial charge in [0.25, 0.3) is 0 Å². The van der Waals surface area contributed by atoms with Gasteiger partial charge in [-0.05, 0) is 42.3 Å². The lowest BCUT2D eigenvalue weighted by Gasteiger charge is -2.41. The molecule has 7 nitrogen and oxygen atoms in total. The third-order valence-electron chi connectivity index (χ3n) is 6.16. The topological polar surface area (TPSA) is 99.2 Å². The summed E-state index contributed by atoms with van der Waals surface area (Å²) in [5.74, 6) is 0.471. The van der Waals surface area contributed by atoms with Gasteiger partial charge < -0.3 is 15.9 Å². The second-order valence-corrected chi connectivity index (χ2v) is 8.75. The van der Waals surface area contributed by atoms with Crippen molar-refractivity contribution in [3.05, 3.63) is 64.9 Å². The molecular formula is C24H27ClN6O. The molecule has 0 radical (unpaired) electrons. The van der Waals surface area contributed by atoms with Crippen LogP contribution in [-0.4, -0.2) is 63.5 Å². The van der Waals surface area contributed by atoms with Crippen LogP contribution < -0.4 is 5.73 Å². The SMILES string of the molecule is CC(CC(=N)c1ccc(Cl)cc1)N1CCN(Cc2ccc3c(N)ncnc3c2)C(C=O)C1. The lowest BCUT2D eigenvalue weighted by atomic mass is 10.0. The molecule has 1 aromatic heterocycles. The summed E-state index contributed by atoms with van der Waals surface area (Å²) in [7, 11) is 0. The number of anilines is 1. The van der Waals surface area contributed by atoms with Gasteiger partial charge in [-0.15, -0.1) is 0 Å². The molecular weight excluding hydrogens is 424 g/mol. The number of benzene rings is 2. The number of nitrogens with zero attached hydrogens (tertiary/aromatic N) is 4. The number of nitrogens with one attached hydrogen (secondary N) is 1. The molecule has 0 saturated carbocycles. The first-order valence-electron chi connectivity index (χ1n) is 10.7. The van der Waals surface area contributed by atoms with E-state index in [4.69, 9.17) is 22.7 Å². The third-order valence-corrected chi connectivity index (χ3v) is 6.41. The van der Waals surface area contributed by atoms with Crippen molar-refractivity contribution in [2.75, 3.05) is 25.4 Å². The monoisotopic (exact) mass is 450 g/mol. The zero-order chi connectivity index (χ0) is 22.7. The summed E-state index contributed by atoms with van der Waals surface area (Å²) >= 11 is 5.95. The maximum Gasteiger partial charge on any atom is 0.138 e. The molecule has 166 valence electrons. The Hall–Kier alpha value is -2.87. The Morgan fingerprint density at radius 3 is 2.78 bits per heavy atom. The number of nitrogen functional groups attached to an aromatic ring is 1. The van der Waals surface area contributed by atoms with Crippen molar-refractivity contribution < 1.29 is 4.79 Å². The Kier molecular flexibility index (Phi) is 6.79. The minimum Gasteiger partial charge on any atom is -0.383 e. The highest BCUT2D eigenvalue weighted by Gasteiger charge is 2.29. The van der Waals surface area contributed by atoms with Gasteiger partial charge >= 0.3 is 0 Å². The molecule has 1 fully saturated rings. The number of aldehydes is 1. The number of nitrogens with two attached hydrogens (primary N) is 1. The zero-order valence-electron chi connectivity index (χ0n) is 18.0. The summed E-state index contributed by atoms with van der Waals surface area (Å²) in [6.45, 7) is 5.08. The van der Waals surface area contributed by atoms with E-state index in [1.165, 1.54) is 6.33 Å². The summed E-state index contributed by atoms with van der Waals surface area (Å²) in [5.41, 5.74) is 9.29. The average Bonchev–Trinajstić information content (AvgIpc) is 2.79. The first-order valence-corrected chi connectivity index (χ1v) is 11.1. The van der Waals surface area contributed by atoms with Crippen molar-refractivity contribution in [1.82, 2.24) is 19.8 Å². The number of halogens is 1. The van der Waals surface area contributed by atoms with Crippen LogP contribution in [0.3, 0.4) is 0 Å². The number of rotatable bonds is 7. The van der Waals surface area contributed by atoms with Gasteiger partial charge in [0.15, 0.2) is 0 Å². The highest BCUT2D eigenvalue weighted by atomic mass is 35.5. The molecule has 1 aliphatic heterocycles. The number of hydrogen-bond donors (Lipinski definition) is 2. The fourth-order valence-electron chi connectivity index (χ4n) is 4.25. The van der Waals surface area contributed by atoms with Gasteiger partial charge in [-0.25, -0.2) is 9.97 Å². The second-order valence-electron chi connectivity index (χ2n) is 8.32. The van der Waals surface area contributed by atoms with E-state index in [1.54, 1.807) is 0 Å². The van der Waals surface area contributed by atoms with Crippen LogP contribution in [0.25, 0.3) is 10.9 Å². The van der Waals surface area contributed by atoms with Gasteiger partial charge in [0.05, 0.1) is 11.6 Å². The van der Waals surface area contributed by atoms with Crippen LogP contribution in [0.1, 0.15) is 24.5 Å². The molecule has 1 saturated heterocycles. The molecule has 8 heteroatoms. The molecule has 2 aromatic carbocycles. The van der Waals surface area contributed by atoms with Crippen molar-refractivity contribution in [1.29, 1.82) is 5.41 Å². The van der Waals surface area contributed by atoms with E-state index in [0.717, 1.165) is 41.4 Å². The quantitative estimate of drug-likeness (QED) is 0.422. The first-order chi connectivity index (χ1) is 15.4. The lowest BCUT2D eigenvalue weighted by molar-refractivity contribution is -0.115. The fraction of sp³-hybridized carbons (Fsp3) is 0.333. The van der Waals surface area contributed by atoms with E-state index in [1.807, 2.05) is 42.5 Å². The number of hydrogen-bond acceptors (Lipinski definition) is 7. The van der Waals surface area contributed by atoms with Crippen LogP contribution in [0.5, 0.6) is 0 Å². The van der Waals surface area contributed by atoms with E-state index in [2.05, 4.69) is 26.7 Å². The van der Waals surface area contributed by atoms with E-state index in [-0.39, 0.29) is 12.1 Å². The van der Waals surface area contributed by atoms with Crippen LogP contribution in [0.2, 0.25) is 5.02 Å². The molecule has 2 atom stereocenters. The Labute approximate surface area is 192 Å². The minimum absolute atomic E-state index is 0.170. The summed E-state index contributed by atoms with van der Waals surface area (Å²) in [6, 6.07) is 13.3. The third kappa shape index (κ3) is 4.96. The van der Waals surface area contributed by atoms with Crippen molar-refractivity contribution in [3.8, 4) is 0 Å². The predicted octanol–water partition coefficient (Wildman–Crippen LogP) is 3.40. The Morgan fingerprint density at radius 2 is 2.03 bits per heavy atom. The number of fused-ring (bicyclic) bond motifs is 1. The zero-order valence-corrected chi connectivity index (χ0v) is 18.8. The van der Waals surface area contributed by atoms with Crippen LogP contribution in [-0.2, 0) is 11.3 Å². The highest BCUT2D eigenvalue weighted by molar-refractivity contribution is 6.30. The molecule has 0 amide bonds. The second kappa shape index (κ2) is 9.73. The smallest absolute Gasteiger partial charge is 0.138 e. The Bertz CT molecular complexity index is 1120. The van der Waals surface area contributed by atoms with Gasteiger partial charge in [0.2, 0.25) is 0 Å². The number of carbonyl (C=O) groups excluding carboxylic acids is 1. The van der Waals surface area contributed by atoms with Gasteiger partial charge in [0, 0.05) is 54.8 Å². The van der Waals surface area contributed by atoms with E-state index >= 15 is 0 Å². The molecule has 0 spiro atoms. The molecule has 3 aromatic rings. The van der Waals surface area contributed by atoms with Crippen molar-refractivity contribution in [3.63, 3.8) is 0 Å². The van der Waals surface area contributed by atoms with E-state index in [9.17, 15) is 4.79 Å². The predicted molar refractivity (Wildman–Crippen MR) is 128 cm³/mol. The summed E-state index contributed by atoms with van der Waals surface area (Å²) < 4.78 is 0. The summed E-state index contributed by atoms with van der Waals surface area (Å²) in [5, 5.41) is 9.95. The number of aromatic nitrogens is 2. The molecule has 1 aliphatic rings. The molecule has 32 heavy (non-hydrogen) atoms. The average molecular weight is 451 g/mol.